The number of fused-ring (bicyclic) bond motifs is 1. The maximum atomic E-state index is 12.3. The van der Waals surface area contributed by atoms with Gasteiger partial charge in [0.05, 0.1) is 29.3 Å². The highest BCUT2D eigenvalue weighted by molar-refractivity contribution is 6.65. The summed E-state index contributed by atoms with van der Waals surface area (Å²) in [5, 5.41) is 11.9. The highest BCUT2D eigenvalue weighted by Gasteiger charge is 2.52. The normalized spacial score (nSPS) is 21.6. The fraction of sp³-hybridized carbons (Fsp3) is 0.444. The Labute approximate surface area is 157 Å². The van der Waals surface area contributed by atoms with Crippen LogP contribution in [0.15, 0.2) is 24.5 Å². The van der Waals surface area contributed by atoms with Gasteiger partial charge < -0.3 is 9.31 Å². The van der Waals surface area contributed by atoms with E-state index in [9.17, 15) is 9.59 Å². The van der Waals surface area contributed by atoms with Gasteiger partial charge in [0, 0.05) is 23.7 Å². The van der Waals surface area contributed by atoms with Gasteiger partial charge in [0.15, 0.2) is 0 Å². The predicted molar refractivity (Wildman–Crippen MR) is 101 cm³/mol. The number of aromatic nitrogens is 2. The lowest BCUT2D eigenvalue weighted by molar-refractivity contribution is -0.120. The van der Waals surface area contributed by atoms with E-state index < -0.39 is 24.4 Å². The summed E-state index contributed by atoms with van der Waals surface area (Å²) in [7, 11) is -0.549. The zero-order valence-electron chi connectivity index (χ0n) is 15.8. The van der Waals surface area contributed by atoms with Gasteiger partial charge in [-0.1, -0.05) is 6.07 Å². The Morgan fingerprint density at radius 1 is 1.04 bits per heavy atom. The second-order valence-electron chi connectivity index (χ2n) is 7.83. The number of benzene rings is 1. The van der Waals surface area contributed by atoms with E-state index in [0.29, 0.717) is 12.2 Å². The van der Waals surface area contributed by atoms with E-state index in [4.69, 9.17) is 9.31 Å². The lowest BCUT2D eigenvalue weighted by Crippen LogP contribution is -2.49. The summed E-state index contributed by atoms with van der Waals surface area (Å²) in [5.74, 6) is -0.269. The number of nitrogens with one attached hydrogen (secondary N) is 1. The summed E-state index contributed by atoms with van der Waals surface area (Å²) in [6.45, 7) is 8.31. The maximum Gasteiger partial charge on any atom is 0.495 e. The fourth-order valence-corrected chi connectivity index (χ4v) is 3.31. The summed E-state index contributed by atoms with van der Waals surface area (Å²) >= 11 is 0. The van der Waals surface area contributed by atoms with Crippen LogP contribution in [0.3, 0.4) is 0 Å². The van der Waals surface area contributed by atoms with Crippen molar-refractivity contribution in [1.82, 2.24) is 15.5 Å². The third kappa shape index (κ3) is 2.87. The zero-order chi connectivity index (χ0) is 19.4. The highest BCUT2D eigenvalue weighted by atomic mass is 16.7. The van der Waals surface area contributed by atoms with Crippen molar-refractivity contribution in [2.24, 2.45) is 0 Å². The van der Waals surface area contributed by atoms with E-state index in [-0.39, 0.29) is 12.3 Å². The Morgan fingerprint density at radius 3 is 2.30 bits per heavy atom. The minimum Gasteiger partial charge on any atom is -0.399 e. The first-order valence-electron chi connectivity index (χ1n) is 8.90. The van der Waals surface area contributed by atoms with Crippen molar-refractivity contribution in [1.29, 1.82) is 0 Å². The Hall–Kier alpha value is -2.52. The van der Waals surface area contributed by atoms with E-state index in [1.165, 1.54) is 0 Å². The smallest absolute Gasteiger partial charge is 0.399 e. The number of nitrogens with zero attached hydrogens (tertiary/aromatic N) is 3. The maximum absolute atomic E-state index is 12.3. The van der Waals surface area contributed by atoms with E-state index in [2.05, 4.69) is 15.5 Å². The Kier molecular flexibility index (Phi) is 3.97. The second-order valence-corrected chi connectivity index (χ2v) is 7.83. The first kappa shape index (κ1) is 17.9. The van der Waals surface area contributed by atoms with Crippen LogP contribution in [0.4, 0.5) is 10.5 Å². The Balaban J connectivity index is 1.78. The molecule has 1 aromatic carbocycles. The number of urea groups is 1. The topological polar surface area (TPSA) is 93.7 Å². The number of hydrogen-bond acceptors (Lipinski definition) is 6. The monoisotopic (exact) mass is 368 g/mol. The fourth-order valence-electron chi connectivity index (χ4n) is 3.31. The molecule has 4 rings (SSSR count). The molecule has 1 aromatic heterocycles. The van der Waals surface area contributed by atoms with Gasteiger partial charge in [0.25, 0.3) is 0 Å². The minimum atomic E-state index is -0.549. The number of imide groups is 1. The molecule has 0 radical (unpaired) electrons. The lowest BCUT2D eigenvalue weighted by atomic mass is 9.76. The van der Waals surface area contributed by atoms with Crippen LogP contribution in [0.25, 0.3) is 10.8 Å². The van der Waals surface area contributed by atoms with Gasteiger partial charge in [0.1, 0.15) is 0 Å². The largest absolute Gasteiger partial charge is 0.495 e. The van der Waals surface area contributed by atoms with E-state index >= 15 is 0 Å². The van der Waals surface area contributed by atoms with Gasteiger partial charge in [-0.05, 0) is 39.2 Å². The molecule has 8 nitrogen and oxygen atoms in total. The minimum absolute atomic E-state index is 0.255. The van der Waals surface area contributed by atoms with Crippen LogP contribution in [-0.2, 0) is 14.1 Å². The molecule has 2 aromatic rings. The lowest BCUT2D eigenvalue weighted by Gasteiger charge is -2.32. The van der Waals surface area contributed by atoms with Crippen molar-refractivity contribution in [2.75, 3.05) is 11.4 Å². The molecule has 0 aliphatic carbocycles. The number of rotatable bonds is 2. The molecule has 2 aliphatic heterocycles. The third-order valence-corrected chi connectivity index (χ3v) is 5.59. The molecule has 0 atom stereocenters. The van der Waals surface area contributed by atoms with Crippen LogP contribution in [0.2, 0.25) is 0 Å². The van der Waals surface area contributed by atoms with Crippen LogP contribution >= 0.6 is 0 Å². The molecule has 3 amide bonds. The molecule has 0 spiro atoms. The number of anilines is 1. The summed E-state index contributed by atoms with van der Waals surface area (Å²) in [6.07, 6.45) is 3.51. The molecular weight excluding hydrogens is 347 g/mol. The number of carbonyl (C=O) groups excluding carboxylic acids is 2. The van der Waals surface area contributed by atoms with Crippen molar-refractivity contribution in [3.05, 3.63) is 24.5 Å². The molecule has 3 heterocycles. The third-order valence-electron chi connectivity index (χ3n) is 5.59. The van der Waals surface area contributed by atoms with E-state index in [1.807, 2.05) is 39.8 Å². The summed E-state index contributed by atoms with van der Waals surface area (Å²) in [5.41, 5.74) is 0.577. The van der Waals surface area contributed by atoms with Crippen LogP contribution < -0.4 is 15.7 Å². The quantitative estimate of drug-likeness (QED) is 0.805. The molecular formula is C18H21BN4O4. The zero-order valence-corrected chi connectivity index (χ0v) is 15.8. The average molecular weight is 368 g/mol. The molecule has 1 N–H and O–H groups in total. The van der Waals surface area contributed by atoms with Gasteiger partial charge in [0.2, 0.25) is 5.91 Å². The number of hydrogen-bond donors (Lipinski definition) is 1. The molecule has 27 heavy (non-hydrogen) atoms. The van der Waals surface area contributed by atoms with Crippen molar-refractivity contribution < 1.29 is 18.9 Å². The van der Waals surface area contributed by atoms with Crippen molar-refractivity contribution in [3.63, 3.8) is 0 Å². The van der Waals surface area contributed by atoms with Crippen molar-refractivity contribution in [3.8, 4) is 0 Å². The molecule has 2 saturated heterocycles. The van der Waals surface area contributed by atoms with E-state index in [0.717, 1.165) is 16.2 Å². The van der Waals surface area contributed by atoms with Gasteiger partial charge in [-0.3, -0.25) is 15.0 Å². The molecule has 2 aliphatic rings. The first-order chi connectivity index (χ1) is 12.7. The van der Waals surface area contributed by atoms with Gasteiger partial charge in [-0.15, -0.1) is 0 Å². The Morgan fingerprint density at radius 2 is 1.67 bits per heavy atom. The molecule has 140 valence electrons. The van der Waals surface area contributed by atoms with Gasteiger partial charge in [-0.2, -0.15) is 10.2 Å². The van der Waals surface area contributed by atoms with Crippen LogP contribution in [0, 0.1) is 0 Å². The van der Waals surface area contributed by atoms with Crippen molar-refractivity contribution >= 4 is 41.0 Å². The number of amides is 3. The molecule has 2 fully saturated rings. The van der Waals surface area contributed by atoms with Gasteiger partial charge >= 0.3 is 13.1 Å². The second kappa shape index (κ2) is 6.00. The summed E-state index contributed by atoms with van der Waals surface area (Å²) in [6, 6.07) is 3.28. The molecule has 0 bridgehead atoms. The van der Waals surface area contributed by atoms with Crippen LogP contribution in [0.5, 0.6) is 0 Å². The predicted octanol–water partition coefficient (Wildman–Crippen LogP) is 1.38. The van der Waals surface area contributed by atoms with Crippen LogP contribution in [-0.4, -0.2) is 47.0 Å². The summed E-state index contributed by atoms with van der Waals surface area (Å²) < 4.78 is 12.3. The molecule has 0 saturated carbocycles. The van der Waals surface area contributed by atoms with Gasteiger partial charge in [-0.25, -0.2) is 4.79 Å². The van der Waals surface area contributed by atoms with Crippen molar-refractivity contribution in [2.45, 2.75) is 45.3 Å². The SMILES string of the molecule is CC1(C)OB(c2ccc(N3CCC(=O)NC3=O)c3cnncc23)OC1(C)C. The highest BCUT2D eigenvalue weighted by Crippen LogP contribution is 2.37. The standard InChI is InChI=1S/C18H21BN4O4/c1-17(2)18(3,4)27-19(26-17)13-5-6-14(12-10-21-20-9-11(12)13)23-8-7-15(24)22-16(23)25/h5-6,9-10H,7-8H2,1-4H3,(H,22,24,25). The Bertz CT molecular complexity index is 930. The van der Waals surface area contributed by atoms with Crippen LogP contribution in [0.1, 0.15) is 34.1 Å². The number of carbonyl (C=O) groups is 2. The van der Waals surface area contributed by atoms with E-state index in [1.54, 1.807) is 17.3 Å². The summed E-state index contributed by atoms with van der Waals surface area (Å²) in [4.78, 5) is 25.3. The molecule has 9 heteroatoms. The average Bonchev–Trinajstić information content (AvgIpc) is 2.82. The molecule has 0 unspecified atom stereocenters. The first-order valence-corrected chi connectivity index (χ1v) is 8.90.